The van der Waals surface area contributed by atoms with Crippen molar-refractivity contribution >= 4 is 47.6 Å². The number of halogens is 1. The van der Waals surface area contributed by atoms with Gasteiger partial charge in [-0.2, -0.15) is 10.2 Å². The van der Waals surface area contributed by atoms with Gasteiger partial charge in [0.05, 0.1) is 30.9 Å². The molecule has 2 aliphatic rings. The molecule has 35 heavy (non-hydrogen) atoms. The highest BCUT2D eigenvalue weighted by atomic mass is 35.5. The molecule has 0 unspecified atom stereocenters. The van der Waals surface area contributed by atoms with Crippen LogP contribution in [0.15, 0.2) is 24.4 Å². The molecule has 1 saturated heterocycles. The van der Waals surface area contributed by atoms with Crippen LogP contribution < -0.4 is 16.1 Å². The summed E-state index contributed by atoms with van der Waals surface area (Å²) in [5.41, 5.74) is 1.42. The number of anilines is 3. The minimum absolute atomic E-state index is 0.0142. The van der Waals surface area contributed by atoms with Crippen molar-refractivity contribution < 1.29 is 18.8 Å². The van der Waals surface area contributed by atoms with Crippen molar-refractivity contribution in [3.05, 3.63) is 35.0 Å². The number of aromatic nitrogens is 2. The van der Waals surface area contributed by atoms with Crippen LogP contribution in [0, 0.1) is 22.7 Å². The van der Waals surface area contributed by atoms with E-state index in [9.17, 15) is 10.1 Å². The van der Waals surface area contributed by atoms with Crippen LogP contribution in [0.4, 0.5) is 17.5 Å². The predicted molar refractivity (Wildman–Crippen MR) is 134 cm³/mol. The molecule has 0 bridgehead atoms. The van der Waals surface area contributed by atoms with Crippen LogP contribution in [0.5, 0.6) is 0 Å². The second-order valence-corrected chi connectivity index (χ2v) is 10.1. The highest BCUT2D eigenvalue weighted by Crippen LogP contribution is 2.29. The molecule has 2 aromatic rings. The molecule has 1 aliphatic heterocycles. The number of hydrogen-bond acceptors (Lipinski definition) is 9. The first-order chi connectivity index (χ1) is 16.8. The molecular weight excluding hydrogens is 469 g/mol. The Balaban J connectivity index is 1.54. The van der Waals surface area contributed by atoms with Crippen molar-refractivity contribution in [3.63, 3.8) is 0 Å². The first-order valence-corrected chi connectivity index (χ1v) is 12.1. The summed E-state index contributed by atoms with van der Waals surface area (Å²) in [6, 6.07) is 7.59. The number of nitriles is 1. The van der Waals surface area contributed by atoms with Crippen LogP contribution in [0.1, 0.15) is 49.9 Å². The highest BCUT2D eigenvalue weighted by Gasteiger charge is 2.36. The topological polar surface area (TPSA) is 118 Å². The fourth-order valence-corrected chi connectivity index (χ4v) is 4.44. The third-order valence-corrected chi connectivity index (χ3v) is 6.49. The Morgan fingerprint density at radius 2 is 2.03 bits per heavy atom. The maximum atomic E-state index is 12.5. The Morgan fingerprint density at radius 3 is 2.74 bits per heavy atom. The van der Waals surface area contributed by atoms with Crippen LogP contribution in [0.25, 0.3) is 0 Å². The maximum Gasteiger partial charge on any atom is 0.494 e. The van der Waals surface area contributed by atoms with Gasteiger partial charge in [-0.25, -0.2) is 9.78 Å². The van der Waals surface area contributed by atoms with E-state index in [-0.39, 0.29) is 17.4 Å². The first-order valence-electron chi connectivity index (χ1n) is 11.7. The lowest BCUT2D eigenvalue weighted by Crippen LogP contribution is -2.49. The zero-order valence-corrected chi connectivity index (χ0v) is 20.9. The number of esters is 1. The Kier molecular flexibility index (Phi) is 7.80. The molecule has 2 atom stereocenters. The number of benzene rings is 1. The summed E-state index contributed by atoms with van der Waals surface area (Å²) >= 11 is 6.33. The molecular formula is C24H29BClN5O4. The second-order valence-electron chi connectivity index (χ2n) is 9.70. The van der Waals surface area contributed by atoms with Gasteiger partial charge in [-0.15, -0.1) is 0 Å². The van der Waals surface area contributed by atoms with E-state index >= 15 is 0 Å². The summed E-state index contributed by atoms with van der Waals surface area (Å²) in [6.07, 6.45) is 5.35. The van der Waals surface area contributed by atoms with Crippen molar-refractivity contribution in [1.82, 2.24) is 9.97 Å². The van der Waals surface area contributed by atoms with E-state index < -0.39 is 13.1 Å². The average molecular weight is 498 g/mol. The number of carbonyl (C=O) groups excluding carboxylic acids is 1. The van der Waals surface area contributed by atoms with Crippen molar-refractivity contribution in [3.8, 4) is 6.07 Å². The molecule has 1 aliphatic carbocycles. The van der Waals surface area contributed by atoms with Crippen molar-refractivity contribution in [1.29, 1.82) is 5.26 Å². The Labute approximate surface area is 210 Å². The molecule has 11 heteroatoms. The lowest BCUT2D eigenvalue weighted by Gasteiger charge is -2.33. The molecule has 0 radical (unpaired) electrons. The lowest BCUT2D eigenvalue weighted by molar-refractivity contribution is 0.0340. The lowest BCUT2D eigenvalue weighted by atomic mass is 9.73. The average Bonchev–Trinajstić information content (AvgIpc) is 2.86. The third kappa shape index (κ3) is 6.04. The Hall–Kier alpha value is -2.87. The van der Waals surface area contributed by atoms with Crippen LogP contribution in [-0.4, -0.2) is 49.4 Å². The van der Waals surface area contributed by atoms with E-state index in [4.69, 9.17) is 25.6 Å². The molecule has 2 heterocycles. The molecule has 0 spiro atoms. The third-order valence-electron chi connectivity index (χ3n) is 6.22. The number of methoxy groups -OCH3 is 1. The maximum absolute atomic E-state index is 12.5. The van der Waals surface area contributed by atoms with Gasteiger partial charge in [0.15, 0.2) is 5.82 Å². The summed E-state index contributed by atoms with van der Waals surface area (Å²) in [4.78, 5) is 21.3. The molecule has 2 N–H and O–H groups in total. The summed E-state index contributed by atoms with van der Waals surface area (Å²) < 4.78 is 16.7. The van der Waals surface area contributed by atoms with Gasteiger partial charge >= 0.3 is 13.1 Å². The van der Waals surface area contributed by atoms with Gasteiger partial charge in [0.1, 0.15) is 5.02 Å². The summed E-state index contributed by atoms with van der Waals surface area (Å²) in [5, 5.41) is 16.3. The molecule has 184 valence electrons. The van der Waals surface area contributed by atoms with Crippen molar-refractivity contribution in [2.75, 3.05) is 31.0 Å². The summed E-state index contributed by atoms with van der Waals surface area (Å²) in [6.45, 7) is 5.14. The fourth-order valence-electron chi connectivity index (χ4n) is 4.29. The van der Waals surface area contributed by atoms with E-state index in [0.29, 0.717) is 46.7 Å². The number of rotatable bonds is 6. The van der Waals surface area contributed by atoms with Crippen LogP contribution in [-0.2, 0) is 14.0 Å². The van der Waals surface area contributed by atoms with Gasteiger partial charge < -0.3 is 24.7 Å². The minimum Gasteiger partial charge on any atom is -0.465 e. The Bertz CT molecular complexity index is 1120. The smallest absolute Gasteiger partial charge is 0.465 e. The van der Waals surface area contributed by atoms with Crippen LogP contribution >= 0.6 is 11.6 Å². The second kappa shape index (κ2) is 10.8. The molecule has 4 rings (SSSR count). The van der Waals surface area contributed by atoms with Crippen molar-refractivity contribution in [2.45, 2.75) is 45.6 Å². The highest BCUT2D eigenvalue weighted by molar-refractivity contribution is 6.63. The monoisotopic (exact) mass is 497 g/mol. The van der Waals surface area contributed by atoms with Crippen LogP contribution in [0.2, 0.25) is 5.02 Å². The molecule has 9 nitrogen and oxygen atoms in total. The molecule has 1 aromatic carbocycles. The number of hydrogen-bond donors (Lipinski definition) is 2. The van der Waals surface area contributed by atoms with Crippen LogP contribution in [0.3, 0.4) is 0 Å². The predicted octanol–water partition coefficient (Wildman–Crippen LogP) is 3.92. The van der Waals surface area contributed by atoms with Gasteiger partial charge in [0, 0.05) is 30.4 Å². The molecule has 1 aromatic heterocycles. The quantitative estimate of drug-likeness (QED) is 0.452. The minimum atomic E-state index is -0.655. The van der Waals surface area contributed by atoms with E-state index in [1.807, 2.05) is 0 Å². The van der Waals surface area contributed by atoms with E-state index in [2.05, 4.69) is 40.5 Å². The number of nitrogens with zero attached hydrogens (tertiary/aromatic N) is 3. The molecule has 2 fully saturated rings. The standard InChI is InChI=1S/C24H29BClN5O4/c1-24(2)13-34-25(35-14-24)18-9-8-16(10-17(18)22(32)33-3)29-23-28-12-19(26)21(31-23)30-20-7-5-4-6-15(20)11-27/h8-10,12,15,20H,4-7,13-14H2,1-3H3,(H2,28,29,30,31)/t15-,20+/m0/s1. The van der Waals surface area contributed by atoms with E-state index in [1.165, 1.54) is 13.3 Å². The van der Waals surface area contributed by atoms with E-state index in [0.717, 1.165) is 25.7 Å². The largest absolute Gasteiger partial charge is 0.494 e. The fraction of sp³-hybridized carbons (Fsp3) is 0.500. The zero-order chi connectivity index (χ0) is 25.0. The number of ether oxygens (including phenoxy) is 1. The van der Waals surface area contributed by atoms with Gasteiger partial charge in [-0.05, 0) is 30.4 Å². The summed E-state index contributed by atoms with van der Waals surface area (Å²) in [5.74, 6) is 0.181. The first kappa shape index (κ1) is 25.2. The number of carbonyl (C=O) groups is 1. The Morgan fingerprint density at radius 1 is 1.29 bits per heavy atom. The zero-order valence-electron chi connectivity index (χ0n) is 20.1. The van der Waals surface area contributed by atoms with Gasteiger partial charge in [0.25, 0.3) is 0 Å². The van der Waals surface area contributed by atoms with Crippen molar-refractivity contribution in [2.24, 2.45) is 11.3 Å². The molecule has 1 saturated carbocycles. The van der Waals surface area contributed by atoms with Gasteiger partial charge in [-0.3, -0.25) is 0 Å². The SMILES string of the molecule is COC(=O)c1cc(Nc2ncc(Cl)c(N[C@@H]3CCCC[C@H]3C#N)n2)ccc1B1OCC(C)(C)CO1. The normalized spacial score (nSPS) is 21.6. The summed E-state index contributed by atoms with van der Waals surface area (Å²) in [7, 11) is 0.676. The molecule has 0 amide bonds. The van der Waals surface area contributed by atoms with Gasteiger partial charge in [0.2, 0.25) is 5.95 Å². The van der Waals surface area contributed by atoms with Gasteiger partial charge in [-0.1, -0.05) is 44.4 Å². The van der Waals surface area contributed by atoms with E-state index in [1.54, 1.807) is 18.2 Å². The number of nitrogens with one attached hydrogen (secondary N) is 2.